The molecular weight excluding hydrogens is 448 g/mol. The number of Topliss-reactive ketones (excluding diaryl/α,β-unsaturated/α-hetero) is 1. The van der Waals surface area contributed by atoms with Gasteiger partial charge in [0.1, 0.15) is 54.6 Å². The maximum atomic E-state index is 12.2. The van der Waals surface area contributed by atoms with Crippen molar-refractivity contribution >= 4 is 11.8 Å². The first-order chi connectivity index (χ1) is 15.6. The zero-order chi connectivity index (χ0) is 24.7. The maximum Gasteiger partial charge on any atom is 0.305 e. The Kier molecular flexibility index (Phi) is 11.0. The number of esters is 1. The van der Waals surface area contributed by atoms with Gasteiger partial charge in [0.05, 0.1) is 25.9 Å². The van der Waals surface area contributed by atoms with Crippen LogP contribution in [-0.4, -0.2) is 129 Å². The summed E-state index contributed by atoms with van der Waals surface area (Å²) in [4.78, 5) is 23.6. The largest absolute Gasteiger partial charge is 0.466 e. The van der Waals surface area contributed by atoms with Crippen molar-refractivity contribution in [3.05, 3.63) is 0 Å². The number of carbonyl (C=O) groups excluding carboxylic acids is 2. The zero-order valence-electron chi connectivity index (χ0n) is 18.3. The maximum absolute atomic E-state index is 12.2. The van der Waals surface area contributed by atoms with E-state index in [9.17, 15) is 45.3 Å². The van der Waals surface area contributed by atoms with Gasteiger partial charge in [-0.05, 0) is 13.3 Å². The van der Waals surface area contributed by atoms with E-state index >= 15 is 0 Å². The third-order valence-electron chi connectivity index (χ3n) is 5.67. The van der Waals surface area contributed by atoms with Gasteiger partial charge in [-0.3, -0.25) is 9.59 Å². The van der Waals surface area contributed by atoms with Gasteiger partial charge in [0.25, 0.3) is 0 Å². The molecule has 2 saturated heterocycles. The minimum absolute atomic E-state index is 0.0239. The van der Waals surface area contributed by atoms with Gasteiger partial charge in [0.2, 0.25) is 0 Å². The Morgan fingerprint density at radius 3 is 2.03 bits per heavy atom. The van der Waals surface area contributed by atoms with Gasteiger partial charge in [-0.2, -0.15) is 0 Å². The number of ketones is 1. The van der Waals surface area contributed by atoms with Crippen LogP contribution in [0.4, 0.5) is 0 Å². The molecule has 0 saturated carbocycles. The lowest BCUT2D eigenvalue weighted by Crippen LogP contribution is -2.64. The molecule has 4 unspecified atom stereocenters. The fourth-order valence-electron chi connectivity index (χ4n) is 3.82. The highest BCUT2D eigenvalue weighted by Crippen LogP contribution is 2.30. The first-order valence-corrected chi connectivity index (χ1v) is 10.9. The van der Waals surface area contributed by atoms with E-state index in [2.05, 4.69) is 0 Å². The van der Waals surface area contributed by atoms with E-state index in [1.807, 2.05) is 0 Å². The van der Waals surface area contributed by atoms with Crippen LogP contribution in [-0.2, 0) is 28.5 Å². The second-order valence-electron chi connectivity index (χ2n) is 8.08. The standard InChI is InChI=1S/C20H34O13/c1-2-30-13(24)5-3-4-9(23)6-10-14(25)17(28)19(12(8-22)31-10)33-20-18(29)16(27)15(26)11(7-21)32-20/h10-12,14-22,25-29H,2-8H2,1H3/t10-,11?,12?,14?,15-,16-,17+,18?,19+,20-/m0/s1. The SMILES string of the molecule is CCOC(=O)CCCC(=O)C[C@@H]1OC(CO)[C@@H](O[C@@H]2OC(CO)[C@H](O)[C@H](O)C2O)[C@H](O)C1O. The summed E-state index contributed by atoms with van der Waals surface area (Å²) in [6.45, 7) is 0.532. The van der Waals surface area contributed by atoms with Crippen LogP contribution in [0, 0.1) is 0 Å². The molecular formula is C20H34O13. The smallest absolute Gasteiger partial charge is 0.305 e. The van der Waals surface area contributed by atoms with Crippen molar-refractivity contribution in [2.24, 2.45) is 0 Å². The second kappa shape index (κ2) is 13.0. The molecule has 2 aliphatic rings. The van der Waals surface area contributed by atoms with Crippen LogP contribution < -0.4 is 0 Å². The third kappa shape index (κ3) is 7.11. The van der Waals surface area contributed by atoms with E-state index in [1.54, 1.807) is 6.92 Å². The average Bonchev–Trinajstić information content (AvgIpc) is 2.78. The number of rotatable bonds is 11. The molecule has 13 heteroatoms. The monoisotopic (exact) mass is 482 g/mol. The summed E-state index contributed by atoms with van der Waals surface area (Å²) in [6.07, 6.45) is -15.0. The van der Waals surface area contributed by atoms with Crippen LogP contribution >= 0.6 is 0 Å². The lowest BCUT2D eigenvalue weighted by atomic mass is 9.91. The first kappa shape index (κ1) is 28.0. The van der Waals surface area contributed by atoms with Crippen LogP contribution in [0.25, 0.3) is 0 Å². The highest BCUT2D eigenvalue weighted by molar-refractivity contribution is 5.79. The second-order valence-corrected chi connectivity index (χ2v) is 8.08. The fourth-order valence-corrected chi connectivity index (χ4v) is 3.82. The third-order valence-corrected chi connectivity index (χ3v) is 5.67. The molecule has 2 aliphatic heterocycles. The number of hydrogen-bond donors (Lipinski definition) is 7. The van der Waals surface area contributed by atoms with E-state index in [0.29, 0.717) is 0 Å². The number of carbonyl (C=O) groups is 2. The Labute approximate surface area is 190 Å². The summed E-state index contributed by atoms with van der Waals surface area (Å²) in [5.74, 6) is -0.760. The Bertz CT molecular complexity index is 627. The van der Waals surface area contributed by atoms with Crippen LogP contribution in [0.2, 0.25) is 0 Å². The van der Waals surface area contributed by atoms with Gasteiger partial charge in [-0.15, -0.1) is 0 Å². The molecule has 0 aromatic carbocycles. The average molecular weight is 482 g/mol. The summed E-state index contributed by atoms with van der Waals surface area (Å²) < 4.78 is 21.0. The van der Waals surface area contributed by atoms with Crippen molar-refractivity contribution in [3.63, 3.8) is 0 Å². The zero-order valence-corrected chi connectivity index (χ0v) is 18.3. The molecule has 0 aromatic rings. The van der Waals surface area contributed by atoms with Crippen LogP contribution in [0.3, 0.4) is 0 Å². The summed E-state index contributed by atoms with van der Waals surface area (Å²) in [6, 6.07) is 0. The molecule has 0 spiro atoms. The fraction of sp³-hybridized carbons (Fsp3) is 0.900. The predicted octanol–water partition coefficient (Wildman–Crippen LogP) is -3.65. The van der Waals surface area contributed by atoms with Gasteiger partial charge < -0.3 is 54.7 Å². The quantitative estimate of drug-likeness (QED) is 0.142. The summed E-state index contributed by atoms with van der Waals surface area (Å²) in [7, 11) is 0. The Morgan fingerprint density at radius 2 is 1.42 bits per heavy atom. The van der Waals surface area contributed by atoms with Crippen molar-refractivity contribution in [1.29, 1.82) is 0 Å². The summed E-state index contributed by atoms with van der Waals surface area (Å²) in [5, 5.41) is 69.8. The van der Waals surface area contributed by atoms with Crippen LogP contribution in [0.1, 0.15) is 32.6 Å². The molecule has 0 radical (unpaired) electrons. The molecule has 2 rings (SSSR count). The van der Waals surface area contributed by atoms with E-state index in [4.69, 9.17) is 18.9 Å². The lowest BCUT2D eigenvalue weighted by Gasteiger charge is -2.46. The minimum atomic E-state index is -1.76. The highest BCUT2D eigenvalue weighted by atomic mass is 16.7. The van der Waals surface area contributed by atoms with E-state index < -0.39 is 80.4 Å². The van der Waals surface area contributed by atoms with Crippen molar-refractivity contribution in [3.8, 4) is 0 Å². The predicted molar refractivity (Wildman–Crippen MR) is 107 cm³/mol. The van der Waals surface area contributed by atoms with Crippen molar-refractivity contribution in [2.45, 2.75) is 93.8 Å². The van der Waals surface area contributed by atoms with E-state index in [1.165, 1.54) is 0 Å². The molecule has 192 valence electrons. The molecule has 13 nitrogen and oxygen atoms in total. The van der Waals surface area contributed by atoms with Crippen molar-refractivity contribution < 1.29 is 64.3 Å². The molecule has 0 bridgehead atoms. The molecule has 33 heavy (non-hydrogen) atoms. The number of hydrogen-bond acceptors (Lipinski definition) is 13. The van der Waals surface area contributed by atoms with Gasteiger partial charge in [0, 0.05) is 19.3 Å². The lowest BCUT2D eigenvalue weighted by molar-refractivity contribution is -0.341. The Balaban J connectivity index is 1.96. The summed E-state index contributed by atoms with van der Waals surface area (Å²) in [5.41, 5.74) is 0. The van der Waals surface area contributed by atoms with E-state index in [0.717, 1.165) is 0 Å². The molecule has 0 aliphatic carbocycles. The number of aliphatic hydroxyl groups excluding tert-OH is 7. The van der Waals surface area contributed by atoms with E-state index in [-0.39, 0.29) is 38.1 Å². The minimum Gasteiger partial charge on any atom is -0.466 e. The molecule has 2 heterocycles. The van der Waals surface area contributed by atoms with Gasteiger partial charge in [0.15, 0.2) is 6.29 Å². The molecule has 0 amide bonds. The Hall–Kier alpha value is -1.26. The Morgan fingerprint density at radius 1 is 0.788 bits per heavy atom. The normalized spacial score (nSPS) is 39.3. The van der Waals surface area contributed by atoms with Gasteiger partial charge >= 0.3 is 5.97 Å². The van der Waals surface area contributed by atoms with Crippen molar-refractivity contribution in [2.75, 3.05) is 19.8 Å². The number of aliphatic hydroxyl groups is 7. The van der Waals surface area contributed by atoms with Crippen LogP contribution in [0.5, 0.6) is 0 Å². The highest BCUT2D eigenvalue weighted by Gasteiger charge is 2.50. The first-order valence-electron chi connectivity index (χ1n) is 10.9. The topological polar surface area (TPSA) is 213 Å². The van der Waals surface area contributed by atoms with Crippen molar-refractivity contribution in [1.82, 2.24) is 0 Å². The molecule has 0 aromatic heterocycles. The summed E-state index contributed by atoms with van der Waals surface area (Å²) >= 11 is 0. The number of ether oxygens (including phenoxy) is 4. The van der Waals surface area contributed by atoms with Gasteiger partial charge in [-0.1, -0.05) is 0 Å². The molecule has 2 fully saturated rings. The molecule has 7 N–H and O–H groups in total. The molecule has 10 atom stereocenters. The van der Waals surface area contributed by atoms with Gasteiger partial charge in [-0.25, -0.2) is 0 Å². The van der Waals surface area contributed by atoms with Crippen LogP contribution in [0.15, 0.2) is 0 Å².